The van der Waals surface area contributed by atoms with Crippen molar-refractivity contribution in [3.05, 3.63) is 0 Å². The van der Waals surface area contributed by atoms with Crippen molar-refractivity contribution in [1.82, 2.24) is 16.0 Å². The van der Waals surface area contributed by atoms with Gasteiger partial charge in [0, 0.05) is 179 Å². The highest BCUT2D eigenvalue weighted by molar-refractivity contribution is 5.93. The van der Waals surface area contributed by atoms with Crippen molar-refractivity contribution in [2.24, 2.45) is 109 Å². The number of amides is 3. The van der Waals surface area contributed by atoms with Crippen molar-refractivity contribution >= 4 is 87.1 Å². The third-order valence-corrected chi connectivity index (χ3v) is 20.6. The van der Waals surface area contributed by atoms with E-state index in [2.05, 4.69) is 168 Å². The first-order chi connectivity index (χ1) is 60.2. The van der Waals surface area contributed by atoms with Gasteiger partial charge >= 0.3 is 0 Å². The van der Waals surface area contributed by atoms with Crippen molar-refractivity contribution in [1.29, 1.82) is 0 Å². The average Bonchev–Trinajstić information content (AvgIpc) is 0.788. The first-order valence-corrected chi connectivity index (χ1v) is 52.5. The van der Waals surface area contributed by atoms with Crippen LogP contribution in [0.1, 0.15) is 573 Å². The molecule has 0 unspecified atom stereocenters. The highest BCUT2D eigenvalue weighted by atomic mass is 16.2. The zero-order chi connectivity index (χ0) is 116. The quantitative estimate of drug-likeness (QED) is 0.0765. The number of carbonyl (C=O) groups excluding carboxylic acids is 15. The molecule has 0 atom stereocenters. The van der Waals surface area contributed by atoms with Crippen LogP contribution in [0.5, 0.6) is 0 Å². The molecule has 0 radical (unpaired) electrons. The summed E-state index contributed by atoms with van der Waals surface area (Å²) in [5.41, 5.74) is -2.33. The smallest absolute Gasteiger partial charge is 0.220 e. The predicted octanol–water partition coefficient (Wildman–Crippen LogP) is 32.6. The van der Waals surface area contributed by atoms with Crippen molar-refractivity contribution in [2.45, 2.75) is 589 Å². The fourth-order valence-electron chi connectivity index (χ4n) is 11.6. The second kappa shape index (κ2) is 63.2. The Bertz CT molecular complexity index is 3560. The van der Waals surface area contributed by atoms with Crippen LogP contribution in [-0.4, -0.2) is 104 Å². The molecule has 0 aliphatic rings. The van der Waals surface area contributed by atoms with E-state index in [9.17, 15) is 71.9 Å². The lowest BCUT2D eigenvalue weighted by molar-refractivity contribution is -0.140. The summed E-state index contributed by atoms with van der Waals surface area (Å²) in [6.45, 7) is 132. The van der Waals surface area contributed by atoms with E-state index in [0.717, 1.165) is 25.7 Å². The van der Waals surface area contributed by atoms with Crippen LogP contribution in [0.2, 0.25) is 0 Å². The number of hydrogen-bond acceptors (Lipinski definition) is 15. The maximum Gasteiger partial charge on any atom is 0.220 e. The Morgan fingerprint density at radius 1 is 0.179 bits per heavy atom. The maximum atomic E-state index is 12.1. The number of nitrogens with one attached hydrogen (secondary N) is 3. The minimum atomic E-state index is -0.345. The molecule has 0 aromatic carbocycles. The van der Waals surface area contributed by atoms with Crippen molar-refractivity contribution < 1.29 is 71.9 Å². The van der Waals surface area contributed by atoms with Crippen LogP contribution in [-0.2, 0) is 71.9 Å². The first kappa shape index (κ1) is 157. The average molecular weight is 1990 g/mol. The molecule has 0 saturated heterocycles. The minimum absolute atomic E-state index is 0.0115. The zero-order valence-electron chi connectivity index (χ0n) is 106. The van der Waals surface area contributed by atoms with Gasteiger partial charge < -0.3 is 16.0 Å². The summed E-state index contributed by atoms with van der Waals surface area (Å²) in [4.78, 5) is 173. The molecular formula is C122H239N3O15. The highest BCUT2D eigenvalue weighted by Crippen LogP contribution is 2.43. The van der Waals surface area contributed by atoms with E-state index in [-0.39, 0.29) is 174 Å². The molecule has 832 valence electrons. The summed E-state index contributed by atoms with van der Waals surface area (Å²) in [7, 11) is 0. The molecule has 0 saturated carbocycles. The molecule has 0 aliphatic heterocycles. The van der Waals surface area contributed by atoms with E-state index >= 15 is 0 Å². The largest absolute Gasteiger partial charge is 0.351 e. The molecule has 0 heterocycles. The molecule has 0 spiro atoms. The van der Waals surface area contributed by atoms with Gasteiger partial charge in [0.2, 0.25) is 17.7 Å². The summed E-state index contributed by atoms with van der Waals surface area (Å²) in [5.74, 6) is 4.14. The van der Waals surface area contributed by atoms with E-state index in [4.69, 9.17) is 0 Å². The Morgan fingerprint density at radius 3 is 0.529 bits per heavy atom. The first-order valence-electron chi connectivity index (χ1n) is 52.5. The lowest BCUT2D eigenvalue weighted by Crippen LogP contribution is -2.43. The van der Waals surface area contributed by atoms with Crippen molar-refractivity contribution in [3.8, 4) is 0 Å². The van der Waals surface area contributed by atoms with Gasteiger partial charge in [-0.15, -0.1) is 0 Å². The third-order valence-electron chi connectivity index (χ3n) is 20.6. The topological polar surface area (TPSA) is 292 Å². The van der Waals surface area contributed by atoms with Crippen LogP contribution in [0.15, 0.2) is 0 Å². The Morgan fingerprint density at radius 2 is 0.371 bits per heavy atom. The molecule has 0 rings (SSSR count). The zero-order valence-corrected chi connectivity index (χ0v) is 106. The fourth-order valence-corrected chi connectivity index (χ4v) is 11.6. The van der Waals surface area contributed by atoms with Crippen LogP contribution in [0.3, 0.4) is 0 Å². The van der Waals surface area contributed by atoms with Gasteiger partial charge in [0.15, 0.2) is 0 Å². The molecule has 18 heteroatoms. The molecule has 3 N–H and O–H groups in total. The van der Waals surface area contributed by atoms with Crippen LogP contribution < -0.4 is 16.0 Å². The lowest BCUT2D eigenvalue weighted by Gasteiger charge is -2.41. The monoisotopic (exact) mass is 1990 g/mol. The second-order valence-corrected chi connectivity index (χ2v) is 62.3. The standard InChI is InChI=1S/C13H25NO2.2C12H23NO2.C12H22O2.2C12H24O.C11H22O.2C10H20O.2C9H18O/c1-12(2,3)9-10(15)7-8-11(16)14-13(4,5)6;2*1-11(2,3)9(14)7-8-10(15)13-12(4,5)6;1-11(2,3)9(13)7-8-10(14)12(4,5)6;1-10(2,3)9(13)12(7,8)11(4,5)6;1-11(2,3)8-7-10(13)9-12(4,5)6;1-10(2,3)8-7-9(12)11(4,5)6;1-9(2,3)7-8(11)10(4,5)6;1-8(2)6-9(11)7-10(3,4)5;1-8(2,3)7(10)9(4,5)6;1-7(2)6-8(10)9(3,4)5/h7-9H2,1-6H3,(H,14,16);2*7-8H2,1-6H3,(H,13,15);7-8H2,1-6H3;1-8H3;7-9H2,1-6H3;7-8H2,1-6H3;7H2,1-6H3;8H,6-7H2,1-5H3;1-6H3;7H,6H2,1-5H3. The van der Waals surface area contributed by atoms with E-state index < -0.39 is 0 Å². The molecule has 0 aromatic heterocycles. The fraction of sp³-hybridized carbons (Fsp3) is 0.877. The molecular weight excluding hydrogens is 1750 g/mol. The van der Waals surface area contributed by atoms with Gasteiger partial charge in [-0.25, -0.2) is 0 Å². The molecule has 0 bridgehead atoms. The molecule has 3 amide bonds. The minimum Gasteiger partial charge on any atom is -0.351 e. The number of ketones is 12. The van der Waals surface area contributed by atoms with Gasteiger partial charge in [-0.05, 0) is 125 Å². The van der Waals surface area contributed by atoms with Crippen LogP contribution in [0.4, 0.5) is 0 Å². The summed E-state index contributed by atoms with van der Waals surface area (Å²) < 4.78 is 0. The molecule has 0 fully saturated rings. The Balaban J connectivity index is -0.000000146. The highest BCUT2D eigenvalue weighted by Gasteiger charge is 2.44. The summed E-state index contributed by atoms with van der Waals surface area (Å²) in [6.07, 6.45) is 10.1. The number of carbonyl (C=O) groups is 15. The summed E-state index contributed by atoms with van der Waals surface area (Å²) in [5, 5.41) is 8.52. The molecule has 0 aromatic rings. The van der Waals surface area contributed by atoms with Crippen LogP contribution in [0.25, 0.3) is 0 Å². The van der Waals surface area contributed by atoms with Crippen molar-refractivity contribution in [3.63, 3.8) is 0 Å². The Kier molecular flexibility index (Phi) is 70.9. The van der Waals surface area contributed by atoms with E-state index in [1.54, 1.807) is 0 Å². The van der Waals surface area contributed by atoms with Gasteiger partial charge in [0.25, 0.3) is 0 Å². The Hall–Kier alpha value is -5.55. The summed E-state index contributed by atoms with van der Waals surface area (Å²) >= 11 is 0. The molecule has 140 heavy (non-hydrogen) atoms. The Labute approximate surface area is 868 Å². The molecule has 0 aliphatic carbocycles. The number of rotatable bonds is 25. The van der Waals surface area contributed by atoms with Crippen LogP contribution >= 0.6 is 0 Å². The lowest BCUT2D eigenvalue weighted by atomic mass is 9.61. The van der Waals surface area contributed by atoms with E-state index in [1.807, 2.05) is 305 Å². The van der Waals surface area contributed by atoms with Gasteiger partial charge in [-0.2, -0.15) is 0 Å². The van der Waals surface area contributed by atoms with E-state index in [1.165, 1.54) is 0 Å². The number of Topliss-reactive ketones (excluding diaryl/α,β-unsaturated/α-hetero) is 12. The number of hydrogen-bond donors (Lipinski definition) is 3. The SMILES string of the molecule is CC(C)(C)C(=O)C(C)(C)C.CC(C)(C)C(=O)C(C)(C)C(C)(C)C.CC(C)(C)C(=O)CCC(=O)C(C)(C)C.CC(C)(C)CC(=O)C(C)(C)C.CC(C)(C)CC(=O)CCC(=O)NC(C)(C)C.CC(C)(C)CCC(=O)C(C)(C)C.CC(C)(C)CCC(=O)CC(C)(C)C.CC(C)(C)NC(=O)CCC(=O)C(C)(C)C.CC(C)(C)NC(=O)CCC(=O)C(C)(C)C.CC(C)CC(=O)C(C)(C)C.CC(C)CC(=O)CC(C)(C)C. The van der Waals surface area contributed by atoms with E-state index in [0.29, 0.717) is 129 Å². The van der Waals surface area contributed by atoms with Gasteiger partial charge in [0.1, 0.15) is 69.4 Å². The van der Waals surface area contributed by atoms with Crippen molar-refractivity contribution in [2.75, 3.05) is 0 Å². The van der Waals surface area contributed by atoms with Gasteiger partial charge in [0.05, 0.1) is 0 Å². The predicted molar refractivity (Wildman–Crippen MR) is 601 cm³/mol. The molecule has 18 nitrogen and oxygen atoms in total. The maximum absolute atomic E-state index is 12.1. The summed E-state index contributed by atoms with van der Waals surface area (Å²) in [6, 6.07) is 0. The van der Waals surface area contributed by atoms with Crippen LogP contribution in [0, 0.1) is 109 Å². The normalized spacial score (nSPS) is 12.9. The third kappa shape index (κ3) is 110. The van der Waals surface area contributed by atoms with Gasteiger partial charge in [-0.1, -0.05) is 395 Å². The van der Waals surface area contributed by atoms with Gasteiger partial charge in [-0.3, -0.25) is 71.9 Å². The second-order valence-electron chi connectivity index (χ2n) is 62.3.